The van der Waals surface area contributed by atoms with E-state index in [0.29, 0.717) is 11.3 Å². The van der Waals surface area contributed by atoms with Crippen molar-refractivity contribution in [2.45, 2.75) is 46.0 Å². The monoisotopic (exact) mass is 240 g/mol. The Bertz CT molecular complexity index is 429. The van der Waals surface area contributed by atoms with Crippen molar-refractivity contribution in [1.29, 1.82) is 0 Å². The lowest BCUT2D eigenvalue weighted by Crippen LogP contribution is -2.14. The minimum atomic E-state index is 0.354. The largest absolute Gasteiger partial charge is 0.0839 e. The Morgan fingerprint density at radius 3 is 2.33 bits per heavy atom. The molecule has 0 amide bonds. The van der Waals surface area contributed by atoms with E-state index >= 15 is 0 Å². The zero-order chi connectivity index (χ0) is 13.0. The molecule has 1 aromatic carbocycles. The summed E-state index contributed by atoms with van der Waals surface area (Å²) in [5, 5.41) is 0. The SMILES string of the molecule is CC(C)(C)CC(C1=CCCC=C1)c1ccccc1. The number of rotatable bonds is 3. The molecule has 0 bridgehead atoms. The molecule has 0 spiro atoms. The van der Waals surface area contributed by atoms with Gasteiger partial charge in [-0.25, -0.2) is 0 Å². The van der Waals surface area contributed by atoms with Crippen LogP contribution in [0.4, 0.5) is 0 Å². The maximum atomic E-state index is 2.42. The first-order valence-corrected chi connectivity index (χ1v) is 6.98. The molecule has 0 aliphatic heterocycles. The lowest BCUT2D eigenvalue weighted by atomic mass is 9.77. The molecule has 1 aliphatic rings. The molecule has 0 nitrogen and oxygen atoms in total. The highest BCUT2D eigenvalue weighted by Crippen LogP contribution is 2.37. The van der Waals surface area contributed by atoms with Gasteiger partial charge in [0.25, 0.3) is 0 Å². The van der Waals surface area contributed by atoms with Gasteiger partial charge in [-0.05, 0) is 35.8 Å². The third kappa shape index (κ3) is 3.60. The second kappa shape index (κ2) is 5.56. The molecule has 18 heavy (non-hydrogen) atoms. The fraction of sp³-hybridized carbons (Fsp3) is 0.444. The maximum absolute atomic E-state index is 2.42. The van der Waals surface area contributed by atoms with Crippen LogP contribution in [0.1, 0.15) is 51.5 Å². The fourth-order valence-electron chi connectivity index (χ4n) is 2.62. The van der Waals surface area contributed by atoms with Crippen LogP contribution < -0.4 is 0 Å². The molecule has 0 N–H and O–H groups in total. The van der Waals surface area contributed by atoms with E-state index in [1.165, 1.54) is 30.4 Å². The van der Waals surface area contributed by atoms with Gasteiger partial charge in [-0.2, -0.15) is 0 Å². The highest BCUT2D eigenvalue weighted by atomic mass is 14.3. The minimum absolute atomic E-state index is 0.354. The van der Waals surface area contributed by atoms with Crippen LogP contribution in [0.2, 0.25) is 0 Å². The van der Waals surface area contributed by atoms with Crippen molar-refractivity contribution in [2.24, 2.45) is 5.41 Å². The van der Waals surface area contributed by atoms with Crippen molar-refractivity contribution in [3.8, 4) is 0 Å². The molecular weight excluding hydrogens is 216 g/mol. The Morgan fingerprint density at radius 1 is 1.06 bits per heavy atom. The maximum Gasteiger partial charge on any atom is 0.00910 e. The van der Waals surface area contributed by atoms with Crippen molar-refractivity contribution in [3.05, 3.63) is 59.7 Å². The Hall–Kier alpha value is -1.30. The van der Waals surface area contributed by atoms with Gasteiger partial charge < -0.3 is 0 Å². The molecule has 1 aromatic rings. The summed E-state index contributed by atoms with van der Waals surface area (Å²) in [4.78, 5) is 0. The quantitative estimate of drug-likeness (QED) is 0.656. The average molecular weight is 240 g/mol. The second-order valence-corrected chi connectivity index (χ2v) is 6.41. The zero-order valence-corrected chi connectivity index (χ0v) is 11.8. The molecule has 96 valence electrons. The molecule has 0 fully saturated rings. The molecule has 0 radical (unpaired) electrons. The van der Waals surface area contributed by atoms with Gasteiger partial charge in [-0.1, -0.05) is 69.3 Å². The zero-order valence-electron chi connectivity index (χ0n) is 11.8. The van der Waals surface area contributed by atoms with E-state index in [0.717, 1.165) is 0 Å². The molecule has 1 atom stereocenters. The van der Waals surface area contributed by atoms with Crippen LogP contribution in [-0.4, -0.2) is 0 Å². The first-order valence-electron chi connectivity index (χ1n) is 6.98. The van der Waals surface area contributed by atoms with E-state index in [2.05, 4.69) is 69.3 Å². The number of benzene rings is 1. The average Bonchev–Trinajstić information content (AvgIpc) is 2.37. The predicted molar refractivity (Wildman–Crippen MR) is 79.7 cm³/mol. The Morgan fingerprint density at radius 2 is 1.78 bits per heavy atom. The summed E-state index contributed by atoms with van der Waals surface area (Å²) >= 11 is 0. The van der Waals surface area contributed by atoms with Crippen molar-refractivity contribution in [3.63, 3.8) is 0 Å². The molecular formula is C18H24. The van der Waals surface area contributed by atoms with Crippen molar-refractivity contribution in [2.75, 3.05) is 0 Å². The summed E-state index contributed by atoms with van der Waals surface area (Å²) in [5.74, 6) is 0.544. The topological polar surface area (TPSA) is 0 Å². The van der Waals surface area contributed by atoms with Crippen molar-refractivity contribution in [1.82, 2.24) is 0 Å². The number of hydrogen-bond acceptors (Lipinski definition) is 0. The Kier molecular flexibility index (Phi) is 4.06. The van der Waals surface area contributed by atoms with Crippen LogP contribution in [0.15, 0.2) is 54.1 Å². The first kappa shape index (κ1) is 13.1. The van der Waals surface area contributed by atoms with Gasteiger partial charge in [0.05, 0.1) is 0 Å². The molecule has 0 saturated heterocycles. The van der Waals surface area contributed by atoms with Gasteiger partial charge >= 0.3 is 0 Å². The highest BCUT2D eigenvalue weighted by molar-refractivity contribution is 5.36. The van der Waals surface area contributed by atoms with Crippen molar-refractivity contribution >= 4 is 0 Å². The molecule has 0 aromatic heterocycles. The normalized spacial score (nSPS) is 17.4. The Balaban J connectivity index is 2.29. The predicted octanol–water partition coefficient (Wildman–Crippen LogP) is 5.48. The van der Waals surface area contributed by atoms with Gasteiger partial charge in [-0.15, -0.1) is 0 Å². The standard InChI is InChI=1S/C18H24/c1-18(2,3)14-17(15-10-6-4-7-11-15)16-12-8-5-9-13-16/h4,6-8,10-13,17H,5,9,14H2,1-3H3. The van der Waals surface area contributed by atoms with E-state index in [1.54, 1.807) is 0 Å². The van der Waals surface area contributed by atoms with Gasteiger partial charge in [0.1, 0.15) is 0 Å². The van der Waals surface area contributed by atoms with Crippen LogP contribution in [0, 0.1) is 5.41 Å². The summed E-state index contributed by atoms with van der Waals surface area (Å²) in [6, 6.07) is 10.9. The smallest absolute Gasteiger partial charge is 0.00910 e. The molecule has 2 rings (SSSR count). The summed E-state index contributed by atoms with van der Waals surface area (Å²) in [5.41, 5.74) is 3.31. The van der Waals surface area contributed by atoms with E-state index in [-0.39, 0.29) is 0 Å². The molecule has 0 heteroatoms. The van der Waals surface area contributed by atoms with Crippen LogP contribution in [0.5, 0.6) is 0 Å². The highest BCUT2D eigenvalue weighted by Gasteiger charge is 2.22. The molecule has 0 heterocycles. The van der Waals surface area contributed by atoms with Crippen LogP contribution in [0.3, 0.4) is 0 Å². The third-order valence-corrected chi connectivity index (χ3v) is 3.44. The van der Waals surface area contributed by atoms with Crippen LogP contribution in [0.25, 0.3) is 0 Å². The molecule has 1 unspecified atom stereocenters. The summed E-state index contributed by atoms with van der Waals surface area (Å²) < 4.78 is 0. The molecule has 1 aliphatic carbocycles. The van der Waals surface area contributed by atoms with Gasteiger partial charge in [-0.3, -0.25) is 0 Å². The van der Waals surface area contributed by atoms with Crippen LogP contribution in [-0.2, 0) is 0 Å². The lowest BCUT2D eigenvalue weighted by molar-refractivity contribution is 0.356. The van der Waals surface area contributed by atoms with E-state index < -0.39 is 0 Å². The fourth-order valence-corrected chi connectivity index (χ4v) is 2.62. The summed E-state index contributed by atoms with van der Waals surface area (Å²) in [6.45, 7) is 6.99. The number of allylic oxidation sites excluding steroid dienone is 4. The molecule has 0 saturated carbocycles. The summed E-state index contributed by atoms with van der Waals surface area (Å²) in [6.07, 6.45) is 10.7. The van der Waals surface area contributed by atoms with E-state index in [1.807, 2.05) is 0 Å². The number of hydrogen-bond donors (Lipinski definition) is 0. The Labute approximate surface area is 111 Å². The lowest BCUT2D eigenvalue weighted by Gasteiger charge is -2.28. The minimum Gasteiger partial charge on any atom is -0.0839 e. The van der Waals surface area contributed by atoms with Gasteiger partial charge in [0.2, 0.25) is 0 Å². The van der Waals surface area contributed by atoms with Crippen LogP contribution >= 0.6 is 0 Å². The second-order valence-electron chi connectivity index (χ2n) is 6.41. The van der Waals surface area contributed by atoms with E-state index in [9.17, 15) is 0 Å². The summed E-state index contributed by atoms with van der Waals surface area (Å²) in [7, 11) is 0. The van der Waals surface area contributed by atoms with Gasteiger partial charge in [0.15, 0.2) is 0 Å². The van der Waals surface area contributed by atoms with E-state index in [4.69, 9.17) is 0 Å². The van der Waals surface area contributed by atoms with Gasteiger partial charge in [0, 0.05) is 5.92 Å². The first-order chi connectivity index (χ1) is 8.56. The third-order valence-electron chi connectivity index (χ3n) is 3.44. The van der Waals surface area contributed by atoms with Crippen molar-refractivity contribution < 1.29 is 0 Å².